The van der Waals surface area contributed by atoms with E-state index < -0.39 is 6.10 Å². The zero-order chi connectivity index (χ0) is 44.4. The maximum Gasteiger partial charge on any atom is 0.306 e. The van der Waals surface area contributed by atoms with Gasteiger partial charge in [-0.1, -0.05) is 211 Å². The number of carbonyl (C=O) groups excluding carboxylic acids is 3. The molecule has 0 amide bonds. The first-order chi connectivity index (χ1) is 30.0. The normalized spacial score (nSPS) is 12.4. The Balaban J connectivity index is 4.41. The van der Waals surface area contributed by atoms with Crippen LogP contribution in [0.3, 0.4) is 0 Å². The van der Waals surface area contributed by atoms with E-state index in [-0.39, 0.29) is 31.1 Å². The van der Waals surface area contributed by atoms with Gasteiger partial charge in [-0.15, -0.1) is 0 Å². The molecule has 354 valence electrons. The third kappa shape index (κ3) is 48.3. The van der Waals surface area contributed by atoms with Gasteiger partial charge in [-0.3, -0.25) is 14.4 Å². The fourth-order valence-electron chi connectivity index (χ4n) is 7.33. The van der Waals surface area contributed by atoms with Crippen LogP contribution in [0.25, 0.3) is 0 Å². The Morgan fingerprint density at radius 3 is 0.934 bits per heavy atom. The van der Waals surface area contributed by atoms with E-state index in [0.29, 0.717) is 19.3 Å². The smallest absolute Gasteiger partial charge is 0.306 e. The molecule has 0 aliphatic carbocycles. The van der Waals surface area contributed by atoms with E-state index in [0.717, 1.165) is 103 Å². The average Bonchev–Trinajstić information content (AvgIpc) is 3.26. The lowest BCUT2D eigenvalue weighted by Crippen LogP contribution is -2.30. The molecule has 0 rings (SSSR count). The minimum absolute atomic E-state index is 0.0812. The Hall–Kier alpha value is -2.63. The van der Waals surface area contributed by atoms with Gasteiger partial charge >= 0.3 is 17.9 Å². The van der Waals surface area contributed by atoms with Crippen molar-refractivity contribution in [2.75, 3.05) is 13.2 Å². The van der Waals surface area contributed by atoms with Crippen molar-refractivity contribution in [2.24, 2.45) is 0 Å². The van der Waals surface area contributed by atoms with Crippen LogP contribution in [0, 0.1) is 0 Å². The van der Waals surface area contributed by atoms with Gasteiger partial charge in [0.15, 0.2) is 6.10 Å². The van der Waals surface area contributed by atoms with Crippen molar-refractivity contribution < 1.29 is 28.6 Å². The number of hydrogen-bond acceptors (Lipinski definition) is 6. The average molecular weight is 855 g/mol. The molecular weight excluding hydrogens is 757 g/mol. The molecule has 0 aliphatic rings. The molecule has 0 fully saturated rings. The van der Waals surface area contributed by atoms with Crippen LogP contribution >= 0.6 is 0 Å². The molecule has 0 radical (unpaired) electrons. The molecule has 0 heterocycles. The molecule has 0 N–H and O–H groups in total. The lowest BCUT2D eigenvalue weighted by Gasteiger charge is -2.18. The second kappa shape index (κ2) is 50.0. The van der Waals surface area contributed by atoms with Crippen LogP contribution in [0.4, 0.5) is 0 Å². The Morgan fingerprint density at radius 1 is 0.328 bits per heavy atom. The van der Waals surface area contributed by atoms with E-state index in [4.69, 9.17) is 14.2 Å². The largest absolute Gasteiger partial charge is 0.462 e. The number of hydrogen-bond donors (Lipinski definition) is 0. The lowest BCUT2D eigenvalue weighted by molar-refractivity contribution is -0.167. The zero-order valence-corrected chi connectivity index (χ0v) is 40.4. The van der Waals surface area contributed by atoms with Crippen LogP contribution in [0.5, 0.6) is 0 Å². The summed E-state index contributed by atoms with van der Waals surface area (Å²) in [4.78, 5) is 38.0. The second-order valence-corrected chi connectivity index (χ2v) is 17.4. The molecule has 0 bridgehead atoms. The summed E-state index contributed by atoms with van der Waals surface area (Å²) in [6, 6.07) is 0. The van der Waals surface area contributed by atoms with Gasteiger partial charge in [-0.25, -0.2) is 0 Å². The molecule has 0 aromatic heterocycles. The van der Waals surface area contributed by atoms with Crippen LogP contribution < -0.4 is 0 Å². The summed E-state index contributed by atoms with van der Waals surface area (Å²) < 4.78 is 16.8. The van der Waals surface area contributed by atoms with Crippen molar-refractivity contribution in [1.82, 2.24) is 0 Å². The van der Waals surface area contributed by atoms with Crippen LogP contribution in [0.15, 0.2) is 48.6 Å². The van der Waals surface area contributed by atoms with E-state index in [1.807, 2.05) is 0 Å². The summed E-state index contributed by atoms with van der Waals surface area (Å²) in [7, 11) is 0. The summed E-state index contributed by atoms with van der Waals surface area (Å²) >= 11 is 0. The zero-order valence-electron chi connectivity index (χ0n) is 40.4. The van der Waals surface area contributed by atoms with Gasteiger partial charge in [0.25, 0.3) is 0 Å². The summed E-state index contributed by atoms with van der Waals surface area (Å²) in [5, 5.41) is 0. The number of esters is 3. The summed E-state index contributed by atoms with van der Waals surface area (Å²) in [6.45, 7) is 6.57. The Bertz CT molecular complexity index is 1070. The minimum atomic E-state index is -0.783. The maximum absolute atomic E-state index is 12.8. The Morgan fingerprint density at radius 2 is 0.590 bits per heavy atom. The molecule has 0 aromatic carbocycles. The van der Waals surface area contributed by atoms with Crippen molar-refractivity contribution in [3.8, 4) is 0 Å². The van der Waals surface area contributed by atoms with Crippen molar-refractivity contribution >= 4 is 17.9 Å². The molecule has 0 unspecified atom stereocenters. The first-order valence-electron chi connectivity index (χ1n) is 26.1. The van der Waals surface area contributed by atoms with Gasteiger partial charge < -0.3 is 14.2 Å². The molecule has 0 aromatic rings. The molecule has 0 saturated heterocycles. The first-order valence-corrected chi connectivity index (χ1v) is 26.1. The standard InChI is InChI=1S/C55H98O6/c1-4-7-10-13-16-19-22-25-27-30-33-36-39-42-45-48-54(57)60-51-52(50-59-53(56)47-44-41-38-35-32-29-24-21-18-15-12-9-6-3)61-55(58)49-46-43-40-37-34-31-28-26-23-20-17-14-11-8-5-2/h16-17,19-20,25-28,52H,4-15,18,21-24,29-51H2,1-3H3/b19-16-,20-17-,27-25-,28-26-/t52-/m1/s1. The summed E-state index contributed by atoms with van der Waals surface area (Å²) in [5.41, 5.74) is 0. The van der Waals surface area contributed by atoms with E-state index >= 15 is 0 Å². The second-order valence-electron chi connectivity index (χ2n) is 17.4. The Labute approximate surface area is 378 Å². The van der Waals surface area contributed by atoms with Gasteiger partial charge in [0.1, 0.15) is 13.2 Å². The van der Waals surface area contributed by atoms with Crippen LogP contribution in [0.2, 0.25) is 0 Å². The van der Waals surface area contributed by atoms with Crippen LogP contribution in [-0.4, -0.2) is 37.2 Å². The fourth-order valence-corrected chi connectivity index (χ4v) is 7.33. The highest BCUT2D eigenvalue weighted by Crippen LogP contribution is 2.15. The van der Waals surface area contributed by atoms with Gasteiger partial charge in [-0.05, 0) is 83.5 Å². The highest BCUT2D eigenvalue weighted by molar-refractivity contribution is 5.71. The van der Waals surface area contributed by atoms with E-state index in [2.05, 4.69) is 69.4 Å². The monoisotopic (exact) mass is 855 g/mol. The minimum Gasteiger partial charge on any atom is -0.462 e. The van der Waals surface area contributed by atoms with Gasteiger partial charge in [0.2, 0.25) is 0 Å². The lowest BCUT2D eigenvalue weighted by atomic mass is 10.0. The number of rotatable bonds is 47. The maximum atomic E-state index is 12.8. The quantitative estimate of drug-likeness (QED) is 0.0263. The molecule has 0 aliphatic heterocycles. The molecular formula is C55H98O6. The highest BCUT2D eigenvalue weighted by Gasteiger charge is 2.19. The topological polar surface area (TPSA) is 78.9 Å². The van der Waals surface area contributed by atoms with E-state index in [1.54, 1.807) is 0 Å². The number of ether oxygens (including phenoxy) is 3. The van der Waals surface area contributed by atoms with Crippen molar-refractivity contribution in [2.45, 2.75) is 271 Å². The van der Waals surface area contributed by atoms with Gasteiger partial charge in [0, 0.05) is 19.3 Å². The third-order valence-corrected chi connectivity index (χ3v) is 11.3. The molecule has 1 atom stereocenters. The number of unbranched alkanes of at least 4 members (excludes halogenated alkanes) is 28. The Kier molecular flexibility index (Phi) is 47.9. The molecule has 6 heteroatoms. The molecule has 6 nitrogen and oxygen atoms in total. The van der Waals surface area contributed by atoms with Crippen molar-refractivity contribution in [3.05, 3.63) is 48.6 Å². The molecule has 0 saturated carbocycles. The first kappa shape index (κ1) is 58.4. The fraction of sp³-hybridized carbons (Fsp3) is 0.800. The summed E-state index contributed by atoms with van der Waals surface area (Å²) in [6.07, 6.45) is 59.4. The predicted octanol–water partition coefficient (Wildman–Crippen LogP) is 17.1. The van der Waals surface area contributed by atoms with Crippen LogP contribution in [0.1, 0.15) is 265 Å². The van der Waals surface area contributed by atoms with E-state index in [1.165, 1.54) is 122 Å². The van der Waals surface area contributed by atoms with Crippen molar-refractivity contribution in [3.63, 3.8) is 0 Å². The van der Waals surface area contributed by atoms with Gasteiger partial charge in [0.05, 0.1) is 0 Å². The third-order valence-electron chi connectivity index (χ3n) is 11.3. The number of carbonyl (C=O) groups is 3. The van der Waals surface area contributed by atoms with Gasteiger partial charge in [-0.2, -0.15) is 0 Å². The summed E-state index contributed by atoms with van der Waals surface area (Å²) in [5.74, 6) is -0.902. The van der Waals surface area contributed by atoms with E-state index in [9.17, 15) is 14.4 Å². The highest BCUT2D eigenvalue weighted by atomic mass is 16.6. The molecule has 0 spiro atoms. The number of allylic oxidation sites excluding steroid dienone is 8. The predicted molar refractivity (Wildman–Crippen MR) is 261 cm³/mol. The van der Waals surface area contributed by atoms with Crippen molar-refractivity contribution in [1.29, 1.82) is 0 Å². The SMILES string of the molecule is CCCCC/C=C\C/C=C\CCCCCCCC(=O)OC[C@@H](COC(=O)CCCCCCCCCCCCCCC)OC(=O)CCCCCCC/C=C\C/C=C\CCCCC. The molecule has 61 heavy (non-hydrogen) atoms. The van der Waals surface area contributed by atoms with Crippen LogP contribution in [-0.2, 0) is 28.6 Å².